The summed E-state index contributed by atoms with van der Waals surface area (Å²) in [6.45, 7) is 2.79. The lowest BCUT2D eigenvalue weighted by Crippen LogP contribution is -2.55. The van der Waals surface area contributed by atoms with Crippen LogP contribution in [0.1, 0.15) is 38.9 Å². The fraction of sp³-hybridized carbons (Fsp3) is 0.250. The Kier molecular flexibility index (Phi) is 18.7. The van der Waals surface area contributed by atoms with E-state index in [0.29, 0.717) is 39.6 Å². The van der Waals surface area contributed by atoms with Crippen LogP contribution < -0.4 is 0 Å². The first-order valence-electron chi connectivity index (χ1n) is 21.8. The van der Waals surface area contributed by atoms with E-state index >= 15 is 0 Å². The highest BCUT2D eigenvalue weighted by Crippen LogP contribution is 2.28. The summed E-state index contributed by atoms with van der Waals surface area (Å²) < 4.78 is 48.5. The number of hydrogen-bond donors (Lipinski definition) is 0. The third-order valence-electron chi connectivity index (χ3n) is 10.6. The van der Waals surface area contributed by atoms with Crippen molar-refractivity contribution in [2.75, 3.05) is 13.2 Å². The monoisotopic (exact) mass is 842 g/mol. The molecule has 0 spiro atoms. The molecule has 1 unspecified atom stereocenters. The van der Waals surface area contributed by atoms with Crippen molar-refractivity contribution in [3.8, 4) is 0 Å². The smallest absolute Gasteiger partial charge is 0.115 e. The van der Waals surface area contributed by atoms with Crippen LogP contribution in [0.5, 0.6) is 0 Å². The fourth-order valence-electron chi connectivity index (χ4n) is 7.27. The summed E-state index contributed by atoms with van der Waals surface area (Å²) in [7, 11) is 0. The van der Waals surface area contributed by atoms with Gasteiger partial charge in [0, 0.05) is 0 Å². The first kappa shape index (κ1) is 45.3. The summed E-state index contributed by atoms with van der Waals surface area (Å²) in [5.41, 5.74) is 7.23. The van der Waals surface area contributed by atoms with Crippen LogP contribution in [-0.2, 0) is 79.4 Å². The molecular formula is C56H58O7. The zero-order chi connectivity index (χ0) is 43.0. The normalized spacial score (nSPS) is 13.8. The summed E-state index contributed by atoms with van der Waals surface area (Å²) >= 11 is 0. The highest BCUT2D eigenvalue weighted by Gasteiger charge is 2.43. The lowest BCUT2D eigenvalue weighted by Gasteiger charge is -2.40. The Morgan fingerprint density at radius 2 is 0.429 bits per heavy atom. The average Bonchev–Trinajstić information content (AvgIpc) is 3.35. The number of hydrogen-bond acceptors (Lipinski definition) is 7. The quantitative estimate of drug-likeness (QED) is 0.0511. The van der Waals surface area contributed by atoms with Gasteiger partial charge in [-0.2, -0.15) is 0 Å². The molecule has 0 aliphatic heterocycles. The van der Waals surface area contributed by atoms with Crippen molar-refractivity contribution in [1.29, 1.82) is 0 Å². The minimum absolute atomic E-state index is 0.220. The maximum atomic E-state index is 7.20. The van der Waals surface area contributed by atoms with Gasteiger partial charge in [-0.25, -0.2) is 0 Å². The van der Waals surface area contributed by atoms with Crippen LogP contribution in [0.25, 0.3) is 0 Å². The van der Waals surface area contributed by atoms with E-state index in [9.17, 15) is 0 Å². The number of benzene rings is 7. The van der Waals surface area contributed by atoms with Gasteiger partial charge in [-0.1, -0.05) is 212 Å². The Hall–Kier alpha value is -5.74. The van der Waals surface area contributed by atoms with E-state index < -0.39 is 30.5 Å². The predicted molar refractivity (Wildman–Crippen MR) is 247 cm³/mol. The van der Waals surface area contributed by atoms with Crippen LogP contribution in [0.2, 0.25) is 0 Å². The van der Waals surface area contributed by atoms with Crippen molar-refractivity contribution in [2.45, 2.75) is 76.8 Å². The molecule has 0 N–H and O–H groups in total. The van der Waals surface area contributed by atoms with E-state index in [1.807, 2.05) is 127 Å². The maximum absolute atomic E-state index is 7.20. The van der Waals surface area contributed by atoms with Crippen LogP contribution in [0.15, 0.2) is 212 Å². The molecule has 7 nitrogen and oxygen atoms in total. The van der Waals surface area contributed by atoms with Gasteiger partial charge in [0.2, 0.25) is 0 Å². The first-order chi connectivity index (χ1) is 31.3. The van der Waals surface area contributed by atoms with Crippen molar-refractivity contribution in [3.05, 3.63) is 251 Å². The molecule has 0 heterocycles. The third-order valence-corrected chi connectivity index (χ3v) is 10.6. The Morgan fingerprint density at radius 1 is 0.222 bits per heavy atom. The number of rotatable bonds is 27. The van der Waals surface area contributed by atoms with Crippen LogP contribution in [0, 0.1) is 0 Å². The second-order valence-electron chi connectivity index (χ2n) is 15.5. The summed E-state index contributed by atoms with van der Waals surface area (Å²) in [5, 5.41) is 0. The highest BCUT2D eigenvalue weighted by molar-refractivity contribution is 5.18. The Balaban J connectivity index is 1.29. The van der Waals surface area contributed by atoms with E-state index in [1.54, 1.807) is 0 Å². The number of ether oxygens (including phenoxy) is 7. The summed E-state index contributed by atoms with van der Waals surface area (Å²) in [6.07, 6.45) is -3.40. The molecule has 63 heavy (non-hydrogen) atoms. The minimum Gasteiger partial charge on any atom is -0.374 e. The largest absolute Gasteiger partial charge is 0.374 e. The van der Waals surface area contributed by atoms with Crippen molar-refractivity contribution >= 4 is 0 Å². The fourth-order valence-corrected chi connectivity index (χ4v) is 7.27. The van der Waals surface area contributed by atoms with Crippen LogP contribution >= 0.6 is 0 Å². The molecular weight excluding hydrogens is 785 g/mol. The van der Waals surface area contributed by atoms with Gasteiger partial charge in [0.1, 0.15) is 30.5 Å². The molecule has 0 bridgehead atoms. The Morgan fingerprint density at radius 3 is 0.683 bits per heavy atom. The SMILES string of the molecule is c1ccc(COC[C@@H](OCc2ccccc2)[C@H](OCc2ccccc2)C(OCc2ccccc2)[C@H](OCc2ccccc2)[C@@H](COCc2ccccc2)OCc2ccccc2)cc1. The van der Waals surface area contributed by atoms with Crippen LogP contribution in [0.4, 0.5) is 0 Å². The van der Waals surface area contributed by atoms with Gasteiger partial charge in [0.15, 0.2) is 0 Å². The molecule has 7 heteroatoms. The first-order valence-corrected chi connectivity index (χ1v) is 21.8. The van der Waals surface area contributed by atoms with Gasteiger partial charge >= 0.3 is 0 Å². The molecule has 0 aliphatic rings. The molecule has 0 amide bonds. The van der Waals surface area contributed by atoms with E-state index in [2.05, 4.69) is 84.9 Å². The van der Waals surface area contributed by atoms with Crippen molar-refractivity contribution < 1.29 is 33.2 Å². The zero-order valence-corrected chi connectivity index (χ0v) is 35.8. The second kappa shape index (κ2) is 26.0. The molecule has 5 atom stereocenters. The standard InChI is InChI=1S/C56H58O7/c1-8-22-45(23-9-1)36-57-43-52(59-38-47-26-12-3-13-27-47)54(61-40-49-30-16-5-17-31-49)56(63-42-51-34-20-7-21-35-51)55(62-41-50-32-18-6-19-33-50)53(60-39-48-28-14-4-15-29-48)44-58-37-46-24-10-2-11-25-46/h1-35,52-56H,36-44H2/t52-,53-,54-,55+,56?/m1/s1. The maximum Gasteiger partial charge on any atom is 0.115 e. The van der Waals surface area contributed by atoms with Gasteiger partial charge in [-0.3, -0.25) is 0 Å². The van der Waals surface area contributed by atoms with Gasteiger partial charge in [-0.05, 0) is 38.9 Å². The highest BCUT2D eigenvalue weighted by atomic mass is 16.6. The Labute approximate surface area is 373 Å². The van der Waals surface area contributed by atoms with E-state index in [-0.39, 0.29) is 19.8 Å². The van der Waals surface area contributed by atoms with Crippen molar-refractivity contribution in [1.82, 2.24) is 0 Å². The third kappa shape index (κ3) is 15.5. The van der Waals surface area contributed by atoms with Crippen molar-refractivity contribution in [2.24, 2.45) is 0 Å². The molecule has 7 aromatic carbocycles. The molecule has 0 saturated carbocycles. The molecule has 0 fully saturated rings. The van der Waals surface area contributed by atoms with E-state index in [1.165, 1.54) is 0 Å². The predicted octanol–water partition coefficient (Wildman–Crippen LogP) is 11.3. The second-order valence-corrected chi connectivity index (χ2v) is 15.5. The summed E-state index contributed by atoms with van der Waals surface area (Å²) in [6, 6.07) is 71.2. The van der Waals surface area contributed by atoms with Gasteiger partial charge in [0.25, 0.3) is 0 Å². The van der Waals surface area contributed by atoms with Gasteiger partial charge < -0.3 is 33.2 Å². The summed E-state index contributed by atoms with van der Waals surface area (Å²) in [5.74, 6) is 0. The van der Waals surface area contributed by atoms with Crippen molar-refractivity contribution in [3.63, 3.8) is 0 Å². The lowest BCUT2D eigenvalue weighted by molar-refractivity contribution is -0.227. The lowest BCUT2D eigenvalue weighted by atomic mass is 9.97. The molecule has 7 rings (SSSR count). The molecule has 0 aliphatic carbocycles. The minimum atomic E-state index is -0.750. The van der Waals surface area contributed by atoms with E-state index in [4.69, 9.17) is 33.2 Å². The average molecular weight is 843 g/mol. The van der Waals surface area contributed by atoms with Gasteiger partial charge in [-0.15, -0.1) is 0 Å². The molecule has 0 saturated heterocycles. The molecule has 0 radical (unpaired) electrons. The summed E-state index contributed by atoms with van der Waals surface area (Å²) in [4.78, 5) is 0. The van der Waals surface area contributed by atoms with E-state index in [0.717, 1.165) is 38.9 Å². The molecule has 0 aromatic heterocycles. The topological polar surface area (TPSA) is 64.6 Å². The van der Waals surface area contributed by atoms with Gasteiger partial charge in [0.05, 0.1) is 59.5 Å². The van der Waals surface area contributed by atoms with Crippen LogP contribution in [-0.4, -0.2) is 43.7 Å². The Bertz CT molecular complexity index is 2070. The van der Waals surface area contributed by atoms with Crippen LogP contribution in [0.3, 0.4) is 0 Å². The zero-order valence-electron chi connectivity index (χ0n) is 35.8. The molecule has 324 valence electrons. The molecule has 7 aromatic rings.